The standard InChI is InChI=1S/C29H40O4.C28H38O4.C23H32O4/c1-4-29(19-6-15-5-16(8-19)9-20(29)7-15)33-28(31)22-11-17-10-21(22)26-23-12-18(25(17)26)13-24(23)32-27(30)14(2)3;1-13(2)26(29)31-23-12-17-11-22(23)25-20-9-16(24(17)25)10-21(20)27(30)32-28(3)18-5-14-4-15(7-18)8-19(28)6-14;1-12(2)21(24)26-18-11-14-10-17(18)20-15-8-13(19(14)20)9-16(15)22(25)27-23(3)6-4-5-7-23/h15-26H,2,4-13H2,1,3H3;14-25H,1,4-12H2,2-3H3;13-20H,1,4-11H2,2-3H3. The maximum Gasteiger partial charge on any atom is 0.333 e. The first-order chi connectivity index (χ1) is 44.0. The van der Waals surface area contributed by atoms with Gasteiger partial charge in [0.1, 0.15) is 35.1 Å². The molecule has 21 aliphatic carbocycles. The Kier molecular flexibility index (Phi) is 14.9. The molecule has 502 valence electrons. The zero-order chi connectivity index (χ0) is 63.5. The number of carbonyl (C=O) groups excluding carboxylic acids is 6. The Bertz CT molecular complexity index is 3020. The van der Waals surface area contributed by atoms with Crippen LogP contribution in [-0.2, 0) is 57.2 Å². The summed E-state index contributed by atoms with van der Waals surface area (Å²) in [4.78, 5) is 76.9. The minimum absolute atomic E-state index is 0.0304. The first-order valence-corrected chi connectivity index (χ1v) is 38.3. The lowest BCUT2D eigenvalue weighted by Gasteiger charge is -2.60. The van der Waals surface area contributed by atoms with Crippen LogP contribution in [-0.4, -0.2) is 70.9 Å². The van der Waals surface area contributed by atoms with Gasteiger partial charge in [-0.2, -0.15) is 0 Å². The smallest absolute Gasteiger partial charge is 0.333 e. The Morgan fingerprint density at radius 3 is 1.00 bits per heavy atom. The van der Waals surface area contributed by atoms with Crippen molar-refractivity contribution >= 4 is 35.8 Å². The van der Waals surface area contributed by atoms with Crippen LogP contribution in [0.2, 0.25) is 0 Å². The molecule has 0 amide bonds. The molecule has 24 unspecified atom stereocenters. The van der Waals surface area contributed by atoms with Crippen molar-refractivity contribution in [1.82, 2.24) is 0 Å². The van der Waals surface area contributed by atoms with Crippen LogP contribution in [0.25, 0.3) is 0 Å². The lowest BCUT2D eigenvalue weighted by atomic mass is 9.49. The van der Waals surface area contributed by atoms with Gasteiger partial charge in [-0.1, -0.05) is 26.7 Å². The fraction of sp³-hybridized carbons (Fsp3) is 0.850. The van der Waals surface area contributed by atoms with Gasteiger partial charge < -0.3 is 28.4 Å². The summed E-state index contributed by atoms with van der Waals surface area (Å²) in [5.74, 6) is 16.4. The van der Waals surface area contributed by atoms with E-state index in [9.17, 15) is 28.8 Å². The van der Waals surface area contributed by atoms with E-state index in [1.165, 1.54) is 116 Å². The molecule has 21 aliphatic rings. The predicted molar refractivity (Wildman–Crippen MR) is 343 cm³/mol. The van der Waals surface area contributed by atoms with Crippen molar-refractivity contribution in [1.29, 1.82) is 0 Å². The molecule has 0 aromatic heterocycles. The van der Waals surface area contributed by atoms with Gasteiger partial charge in [0.25, 0.3) is 0 Å². The lowest BCUT2D eigenvalue weighted by Crippen LogP contribution is -2.60. The second-order valence-corrected chi connectivity index (χ2v) is 36.8. The molecule has 0 saturated heterocycles. The Morgan fingerprint density at radius 2 is 0.663 bits per heavy atom. The van der Waals surface area contributed by atoms with E-state index in [1.807, 2.05) is 0 Å². The van der Waals surface area contributed by atoms with E-state index in [0.717, 1.165) is 99.2 Å². The predicted octanol–water partition coefficient (Wildman–Crippen LogP) is 15.0. The first kappa shape index (κ1) is 61.6. The number of carbonyl (C=O) groups is 6. The molecule has 0 N–H and O–H groups in total. The third kappa shape index (κ3) is 9.57. The number of fused-ring (bicyclic) bond motifs is 27. The molecule has 21 rings (SSSR count). The second kappa shape index (κ2) is 22.3. The molecule has 12 nitrogen and oxygen atoms in total. The Morgan fingerprint density at radius 1 is 0.359 bits per heavy atom. The quantitative estimate of drug-likeness (QED) is 0.0745. The molecule has 0 aromatic rings. The van der Waals surface area contributed by atoms with Gasteiger partial charge in [0.05, 0.1) is 17.8 Å². The summed E-state index contributed by atoms with van der Waals surface area (Å²) in [6, 6.07) is 0. The van der Waals surface area contributed by atoms with Crippen LogP contribution in [0.4, 0.5) is 0 Å². The average molecular weight is 1260 g/mol. The maximum atomic E-state index is 13.8. The van der Waals surface area contributed by atoms with Crippen molar-refractivity contribution in [3.8, 4) is 0 Å². The van der Waals surface area contributed by atoms with Gasteiger partial charge in [0.15, 0.2) is 0 Å². The Balaban J connectivity index is 0.000000106. The van der Waals surface area contributed by atoms with Gasteiger partial charge in [0.2, 0.25) is 0 Å². The van der Waals surface area contributed by atoms with Crippen LogP contribution >= 0.6 is 0 Å². The number of hydrogen-bond acceptors (Lipinski definition) is 12. The van der Waals surface area contributed by atoms with Crippen molar-refractivity contribution in [3.63, 3.8) is 0 Å². The normalized spacial score (nSPS) is 52.4. The van der Waals surface area contributed by atoms with Crippen LogP contribution in [0.1, 0.15) is 215 Å². The highest BCUT2D eigenvalue weighted by Crippen LogP contribution is 2.73. The molecule has 21 saturated carbocycles. The number of rotatable bonds is 13. The number of ether oxygens (including phenoxy) is 6. The molecule has 0 aromatic carbocycles. The van der Waals surface area contributed by atoms with Gasteiger partial charge in [-0.3, -0.25) is 14.4 Å². The van der Waals surface area contributed by atoms with Crippen LogP contribution in [0, 0.1) is 172 Å². The van der Waals surface area contributed by atoms with Crippen molar-refractivity contribution in [2.75, 3.05) is 0 Å². The molecule has 0 aliphatic heterocycles. The van der Waals surface area contributed by atoms with Gasteiger partial charge >= 0.3 is 35.8 Å². The zero-order valence-electron chi connectivity index (χ0n) is 56.6. The van der Waals surface area contributed by atoms with Crippen molar-refractivity contribution in [2.24, 2.45) is 172 Å². The second-order valence-electron chi connectivity index (χ2n) is 36.8. The topological polar surface area (TPSA) is 158 Å². The van der Waals surface area contributed by atoms with Gasteiger partial charge in [-0.25, -0.2) is 14.4 Å². The highest BCUT2D eigenvalue weighted by atomic mass is 16.6. The SMILES string of the molecule is C=C(C)C(=O)OC1CC2CC1C1C3CC(CC3C(=O)OC3(C)C4CC5CC(C4)CC3C5)C21.C=C(C)C(=O)OC1CC2CC1C1C3CC(CC3C(=O)OC3(C)CCCC3)C21.C=C(C)C(=O)OC1CC2CC1C1C3CC(CC3C(=O)OC3(CC)C4CC5CC(C4)CC3C5)C21. The molecule has 12 heteroatoms. The summed E-state index contributed by atoms with van der Waals surface area (Å²) >= 11 is 0. The van der Waals surface area contributed by atoms with E-state index in [0.29, 0.717) is 129 Å². The summed E-state index contributed by atoms with van der Waals surface area (Å²) in [5.41, 5.74) is 0.826. The van der Waals surface area contributed by atoms with E-state index >= 15 is 0 Å². The minimum atomic E-state index is -0.252. The molecular weight excluding hydrogens is 1150 g/mol. The first-order valence-electron chi connectivity index (χ1n) is 38.3. The summed E-state index contributed by atoms with van der Waals surface area (Å²) in [5, 5.41) is 0. The number of hydrogen-bond donors (Lipinski definition) is 0. The molecule has 20 bridgehead atoms. The lowest BCUT2D eigenvalue weighted by molar-refractivity contribution is -0.216. The van der Waals surface area contributed by atoms with Crippen LogP contribution in [0.3, 0.4) is 0 Å². The number of esters is 6. The summed E-state index contributed by atoms with van der Waals surface area (Å²) in [6.07, 6.45) is 31.8. The molecule has 0 heterocycles. The van der Waals surface area contributed by atoms with Gasteiger partial charge in [0, 0.05) is 16.7 Å². The summed E-state index contributed by atoms with van der Waals surface area (Å²) in [7, 11) is 0. The summed E-state index contributed by atoms with van der Waals surface area (Å²) in [6.45, 7) is 23.1. The van der Waals surface area contributed by atoms with E-state index in [2.05, 4.69) is 40.5 Å². The van der Waals surface area contributed by atoms with Crippen molar-refractivity contribution < 1.29 is 57.2 Å². The fourth-order valence-corrected chi connectivity index (χ4v) is 29.7. The molecular formula is C80H110O12. The molecule has 0 radical (unpaired) electrons. The largest absolute Gasteiger partial charge is 0.459 e. The van der Waals surface area contributed by atoms with Crippen molar-refractivity contribution in [2.45, 2.75) is 250 Å². The summed E-state index contributed by atoms with van der Waals surface area (Å²) < 4.78 is 36.9. The Hall–Kier alpha value is -3.96. The highest BCUT2D eigenvalue weighted by Gasteiger charge is 2.71. The fourth-order valence-electron chi connectivity index (χ4n) is 29.7. The highest BCUT2D eigenvalue weighted by molar-refractivity contribution is 5.88. The van der Waals surface area contributed by atoms with E-state index < -0.39 is 0 Å². The maximum absolute atomic E-state index is 13.8. The van der Waals surface area contributed by atoms with Crippen LogP contribution in [0.15, 0.2) is 36.5 Å². The van der Waals surface area contributed by atoms with Crippen LogP contribution in [0.5, 0.6) is 0 Å². The minimum Gasteiger partial charge on any atom is -0.459 e. The van der Waals surface area contributed by atoms with E-state index in [1.54, 1.807) is 20.8 Å². The molecule has 24 atom stereocenters. The van der Waals surface area contributed by atoms with Crippen LogP contribution < -0.4 is 0 Å². The molecule has 0 spiro atoms. The zero-order valence-corrected chi connectivity index (χ0v) is 56.6. The third-order valence-electron chi connectivity index (χ3n) is 32.5. The van der Waals surface area contributed by atoms with E-state index in [4.69, 9.17) is 28.4 Å². The monoisotopic (exact) mass is 1260 g/mol. The third-order valence-corrected chi connectivity index (χ3v) is 32.5. The van der Waals surface area contributed by atoms with E-state index in [-0.39, 0.29) is 88.7 Å². The van der Waals surface area contributed by atoms with Gasteiger partial charge in [-0.05, 0) is 362 Å². The van der Waals surface area contributed by atoms with Gasteiger partial charge in [-0.15, -0.1) is 0 Å². The average Bonchev–Trinajstić information content (AvgIpc) is 1.45. The molecule has 21 fully saturated rings. The Labute approximate surface area is 548 Å². The molecule has 92 heavy (non-hydrogen) atoms. The van der Waals surface area contributed by atoms with Crippen molar-refractivity contribution in [3.05, 3.63) is 36.5 Å².